The molecule has 3 aromatic carbocycles. The number of esters is 1. The first-order chi connectivity index (χ1) is 19.2. The summed E-state index contributed by atoms with van der Waals surface area (Å²) in [5, 5.41) is 5.77. The highest BCUT2D eigenvalue weighted by molar-refractivity contribution is 7.15. The van der Waals surface area contributed by atoms with E-state index < -0.39 is 5.97 Å². The van der Waals surface area contributed by atoms with Crippen LogP contribution in [0.5, 0.6) is 0 Å². The van der Waals surface area contributed by atoms with Crippen molar-refractivity contribution in [2.75, 3.05) is 11.9 Å². The van der Waals surface area contributed by atoms with E-state index in [1.165, 1.54) is 29.0 Å². The van der Waals surface area contributed by atoms with Crippen molar-refractivity contribution in [2.24, 2.45) is 0 Å². The van der Waals surface area contributed by atoms with Crippen molar-refractivity contribution in [1.29, 1.82) is 0 Å². The highest BCUT2D eigenvalue weighted by atomic mass is 32.1. The van der Waals surface area contributed by atoms with Gasteiger partial charge in [-0.25, -0.2) is 14.2 Å². The minimum absolute atomic E-state index is 0.0183. The smallest absolute Gasteiger partial charge is 0.341 e. The van der Waals surface area contributed by atoms with Gasteiger partial charge in [0.15, 0.2) is 0 Å². The topological polar surface area (TPSA) is 68.3 Å². The zero-order valence-electron chi connectivity index (χ0n) is 22.7. The third-order valence-corrected chi connectivity index (χ3v) is 7.56. The molecule has 7 heteroatoms. The molecule has 0 bridgehead atoms. The second kappa shape index (κ2) is 11.0. The van der Waals surface area contributed by atoms with Gasteiger partial charge in [-0.1, -0.05) is 75.4 Å². The maximum Gasteiger partial charge on any atom is 0.341 e. The molecule has 5 aromatic rings. The number of nitrogens with zero attached hydrogens (tertiary/aromatic N) is 1. The molecule has 5 nitrogen and oxygen atoms in total. The van der Waals surface area contributed by atoms with Gasteiger partial charge in [-0.05, 0) is 47.7 Å². The summed E-state index contributed by atoms with van der Waals surface area (Å²) >= 11 is 1.22. The molecule has 0 saturated heterocycles. The molecule has 1 amide bonds. The molecular formula is C33H29FN2O3S. The summed E-state index contributed by atoms with van der Waals surface area (Å²) in [6.07, 6.45) is 0. The predicted molar refractivity (Wildman–Crippen MR) is 160 cm³/mol. The zero-order valence-corrected chi connectivity index (χ0v) is 23.6. The summed E-state index contributed by atoms with van der Waals surface area (Å²) in [7, 11) is 0. The van der Waals surface area contributed by atoms with Gasteiger partial charge < -0.3 is 10.1 Å². The van der Waals surface area contributed by atoms with Crippen LogP contribution in [0.4, 0.5) is 9.39 Å². The number of hydrogen-bond acceptors (Lipinski definition) is 5. The number of aromatic nitrogens is 1. The monoisotopic (exact) mass is 552 g/mol. The number of hydrogen-bond donors (Lipinski definition) is 1. The molecule has 2 aromatic heterocycles. The fraction of sp³-hybridized carbons (Fsp3) is 0.182. The van der Waals surface area contributed by atoms with E-state index in [4.69, 9.17) is 9.72 Å². The number of benzene rings is 3. The average Bonchev–Trinajstić information content (AvgIpc) is 3.36. The van der Waals surface area contributed by atoms with Crippen molar-refractivity contribution in [2.45, 2.75) is 33.1 Å². The number of anilines is 1. The molecule has 0 aliphatic carbocycles. The fourth-order valence-corrected chi connectivity index (χ4v) is 5.47. The Morgan fingerprint density at radius 2 is 1.62 bits per heavy atom. The molecule has 0 radical (unpaired) electrons. The van der Waals surface area contributed by atoms with E-state index in [0.717, 1.165) is 5.56 Å². The number of pyridine rings is 1. The Morgan fingerprint density at radius 1 is 0.950 bits per heavy atom. The van der Waals surface area contributed by atoms with E-state index in [0.29, 0.717) is 38.3 Å². The first-order valence-electron chi connectivity index (χ1n) is 13.0. The van der Waals surface area contributed by atoms with Crippen LogP contribution in [-0.4, -0.2) is 23.5 Å². The molecule has 0 aliphatic heterocycles. The van der Waals surface area contributed by atoms with E-state index in [1.807, 2.05) is 36.4 Å². The van der Waals surface area contributed by atoms with Crippen LogP contribution in [0, 0.1) is 5.82 Å². The van der Waals surface area contributed by atoms with E-state index in [-0.39, 0.29) is 29.3 Å². The van der Waals surface area contributed by atoms with Crippen molar-refractivity contribution in [3.63, 3.8) is 0 Å². The van der Waals surface area contributed by atoms with Gasteiger partial charge >= 0.3 is 5.97 Å². The second-order valence-electron chi connectivity index (χ2n) is 10.4. The number of thiophene rings is 1. The lowest BCUT2D eigenvalue weighted by molar-refractivity contribution is 0.0529. The first-order valence-corrected chi connectivity index (χ1v) is 13.9. The molecule has 5 rings (SSSR count). The molecule has 0 unspecified atom stereocenters. The summed E-state index contributed by atoms with van der Waals surface area (Å²) in [5.74, 6) is -1.31. The van der Waals surface area contributed by atoms with Crippen LogP contribution >= 0.6 is 11.3 Å². The normalized spacial score (nSPS) is 11.4. The molecule has 2 heterocycles. The SMILES string of the molecule is CCOC(=O)c1c(-c2ccc(F)cc2)csc1NC(=O)c1cc(-c2ccc(C(C)(C)C)cc2)nc2ccccc12. The van der Waals surface area contributed by atoms with Gasteiger partial charge in [0.1, 0.15) is 16.4 Å². The lowest BCUT2D eigenvalue weighted by atomic mass is 9.86. The van der Waals surface area contributed by atoms with Crippen molar-refractivity contribution in [3.05, 3.63) is 107 Å². The van der Waals surface area contributed by atoms with Gasteiger partial charge in [0.05, 0.1) is 23.4 Å². The molecule has 0 fully saturated rings. The van der Waals surface area contributed by atoms with E-state index >= 15 is 0 Å². The quantitative estimate of drug-likeness (QED) is 0.215. The van der Waals surface area contributed by atoms with Crippen LogP contribution in [0.3, 0.4) is 0 Å². The second-order valence-corrected chi connectivity index (χ2v) is 11.3. The number of fused-ring (bicyclic) bond motifs is 1. The number of nitrogens with one attached hydrogen (secondary N) is 1. The summed E-state index contributed by atoms with van der Waals surface area (Å²) in [6, 6.07) is 23.3. The molecule has 40 heavy (non-hydrogen) atoms. The van der Waals surface area contributed by atoms with Crippen molar-refractivity contribution < 1.29 is 18.7 Å². The van der Waals surface area contributed by atoms with Gasteiger partial charge in [0.25, 0.3) is 5.91 Å². The Kier molecular flexibility index (Phi) is 7.50. The Balaban J connectivity index is 1.56. The van der Waals surface area contributed by atoms with Crippen LogP contribution in [0.25, 0.3) is 33.3 Å². The van der Waals surface area contributed by atoms with Gasteiger partial charge in [0.2, 0.25) is 0 Å². The number of carbonyl (C=O) groups is 2. The number of amides is 1. The van der Waals surface area contributed by atoms with Crippen LogP contribution in [0.1, 0.15) is 54.0 Å². The van der Waals surface area contributed by atoms with Crippen LogP contribution in [-0.2, 0) is 10.2 Å². The van der Waals surface area contributed by atoms with E-state index in [1.54, 1.807) is 30.5 Å². The van der Waals surface area contributed by atoms with Gasteiger partial charge in [-0.2, -0.15) is 0 Å². The van der Waals surface area contributed by atoms with Gasteiger partial charge in [-0.3, -0.25) is 4.79 Å². The van der Waals surface area contributed by atoms with Gasteiger partial charge in [0, 0.05) is 21.9 Å². The average molecular weight is 553 g/mol. The van der Waals surface area contributed by atoms with Crippen molar-refractivity contribution in [3.8, 4) is 22.4 Å². The number of rotatable bonds is 6. The Bertz CT molecular complexity index is 1700. The largest absolute Gasteiger partial charge is 0.462 e. The van der Waals surface area contributed by atoms with E-state index in [2.05, 4.69) is 38.2 Å². The molecular weight excluding hydrogens is 523 g/mol. The maximum atomic E-state index is 13.8. The molecule has 202 valence electrons. The maximum absolute atomic E-state index is 13.8. The molecule has 0 spiro atoms. The Hall–Kier alpha value is -4.36. The van der Waals surface area contributed by atoms with Crippen LogP contribution in [0.2, 0.25) is 0 Å². The Morgan fingerprint density at radius 3 is 2.30 bits per heavy atom. The van der Waals surface area contributed by atoms with Crippen molar-refractivity contribution in [1.82, 2.24) is 4.98 Å². The first kappa shape index (κ1) is 27.2. The summed E-state index contributed by atoms with van der Waals surface area (Å²) in [5.41, 5.74) is 5.38. The molecule has 0 aliphatic rings. The minimum Gasteiger partial charge on any atom is -0.462 e. The standard InChI is InChI=1S/C33H29FN2O3S/c1-5-39-32(38)29-26(20-12-16-23(34)17-13-20)19-40-31(29)36-30(37)25-18-28(35-27-9-7-6-8-24(25)27)21-10-14-22(15-11-21)33(2,3)4/h6-19H,5H2,1-4H3,(H,36,37). The van der Waals surface area contributed by atoms with Crippen LogP contribution in [0.15, 0.2) is 84.2 Å². The Labute approximate surface area is 236 Å². The summed E-state index contributed by atoms with van der Waals surface area (Å²) < 4.78 is 18.9. The highest BCUT2D eigenvalue weighted by Gasteiger charge is 2.24. The fourth-order valence-electron chi connectivity index (χ4n) is 4.52. The van der Waals surface area contributed by atoms with Gasteiger partial charge in [-0.15, -0.1) is 11.3 Å². The summed E-state index contributed by atoms with van der Waals surface area (Å²) in [6.45, 7) is 8.38. The minimum atomic E-state index is -0.558. The molecule has 1 N–H and O–H groups in total. The van der Waals surface area contributed by atoms with Crippen LogP contribution < -0.4 is 5.32 Å². The van der Waals surface area contributed by atoms with E-state index in [9.17, 15) is 14.0 Å². The van der Waals surface area contributed by atoms with Crippen molar-refractivity contribution >= 4 is 39.1 Å². The number of carbonyl (C=O) groups excluding carboxylic acids is 2. The number of halogens is 1. The lowest BCUT2D eigenvalue weighted by Gasteiger charge is -2.19. The number of para-hydroxylation sites is 1. The third kappa shape index (κ3) is 5.51. The highest BCUT2D eigenvalue weighted by Crippen LogP contribution is 2.37. The number of ether oxygens (including phenoxy) is 1. The lowest BCUT2D eigenvalue weighted by Crippen LogP contribution is -2.15. The molecule has 0 saturated carbocycles. The zero-order chi connectivity index (χ0) is 28.4. The molecule has 0 atom stereocenters. The summed E-state index contributed by atoms with van der Waals surface area (Å²) in [4.78, 5) is 31.6. The predicted octanol–water partition coefficient (Wildman–Crippen LogP) is 8.50. The third-order valence-electron chi connectivity index (χ3n) is 6.66.